The number of nitriles is 1. The molecular formula is C20H21Cl2N5O. The fraction of sp³-hybridized carbons (Fsp3) is 0.400. The van der Waals surface area contributed by atoms with Crippen molar-refractivity contribution >= 4 is 40.6 Å². The Morgan fingerprint density at radius 3 is 2.86 bits per heavy atom. The van der Waals surface area contributed by atoms with E-state index in [0.717, 1.165) is 30.6 Å². The van der Waals surface area contributed by atoms with E-state index in [1.54, 1.807) is 24.2 Å². The Balaban J connectivity index is 1.66. The van der Waals surface area contributed by atoms with E-state index >= 15 is 0 Å². The largest absolute Gasteiger partial charge is 0.355 e. The summed E-state index contributed by atoms with van der Waals surface area (Å²) in [6.07, 6.45) is 3.94. The fourth-order valence-electron chi connectivity index (χ4n) is 3.46. The summed E-state index contributed by atoms with van der Waals surface area (Å²) < 4.78 is 0. The van der Waals surface area contributed by atoms with Crippen LogP contribution in [0.3, 0.4) is 0 Å². The highest BCUT2D eigenvalue weighted by molar-refractivity contribution is 6.31. The van der Waals surface area contributed by atoms with Gasteiger partial charge in [0.25, 0.3) is 0 Å². The van der Waals surface area contributed by atoms with Crippen LogP contribution in [0.4, 0.5) is 11.5 Å². The number of aromatic nitrogens is 2. The minimum absolute atomic E-state index is 0.0532. The van der Waals surface area contributed by atoms with E-state index < -0.39 is 0 Å². The zero-order chi connectivity index (χ0) is 20.3. The molecule has 1 aromatic heterocycles. The van der Waals surface area contributed by atoms with Crippen LogP contribution >= 0.6 is 23.2 Å². The van der Waals surface area contributed by atoms with Gasteiger partial charge in [0.15, 0.2) is 10.8 Å². The van der Waals surface area contributed by atoms with E-state index in [2.05, 4.69) is 14.9 Å². The number of carbonyl (C=O) groups is 1. The van der Waals surface area contributed by atoms with Gasteiger partial charge in [-0.1, -0.05) is 23.2 Å². The first-order valence-corrected chi connectivity index (χ1v) is 9.84. The van der Waals surface area contributed by atoms with E-state index in [1.165, 1.54) is 0 Å². The third-order valence-electron chi connectivity index (χ3n) is 4.92. The number of halogens is 2. The maximum absolute atomic E-state index is 12.8. The molecule has 0 saturated carbocycles. The highest BCUT2D eigenvalue weighted by Gasteiger charge is 2.25. The average molecular weight is 418 g/mol. The molecule has 146 valence electrons. The normalized spacial score (nSPS) is 16.5. The Labute approximate surface area is 174 Å². The molecule has 3 rings (SSSR count). The number of hydrogen-bond acceptors (Lipinski definition) is 5. The van der Waals surface area contributed by atoms with Crippen LogP contribution in [-0.2, 0) is 4.79 Å². The van der Waals surface area contributed by atoms with E-state index in [4.69, 9.17) is 28.5 Å². The Kier molecular flexibility index (Phi) is 6.38. The molecular weight excluding hydrogens is 397 g/mol. The van der Waals surface area contributed by atoms with Gasteiger partial charge in [0.05, 0.1) is 6.20 Å². The van der Waals surface area contributed by atoms with Gasteiger partial charge in [0.2, 0.25) is 5.91 Å². The summed E-state index contributed by atoms with van der Waals surface area (Å²) in [5.74, 6) is 0.901. The molecule has 6 nitrogen and oxygen atoms in total. The third kappa shape index (κ3) is 4.73. The summed E-state index contributed by atoms with van der Waals surface area (Å²) in [4.78, 5) is 24.9. The second-order valence-electron chi connectivity index (χ2n) is 7.08. The SMILES string of the molecule is Cc1cc(Cl)cc(N(C)C(=O)C[C@@H]2CCCN(c3cnc(C#N)c(Cl)n3)C2)c1. The number of benzene rings is 1. The Bertz CT molecular complexity index is 907. The van der Waals surface area contributed by atoms with Crippen molar-refractivity contribution in [2.75, 3.05) is 29.9 Å². The number of rotatable bonds is 4. The predicted molar refractivity (Wildman–Crippen MR) is 111 cm³/mol. The molecule has 2 heterocycles. The maximum atomic E-state index is 12.8. The van der Waals surface area contributed by atoms with Crippen LogP contribution in [0.25, 0.3) is 0 Å². The van der Waals surface area contributed by atoms with Gasteiger partial charge in [-0.15, -0.1) is 0 Å². The molecule has 0 unspecified atom stereocenters. The quantitative estimate of drug-likeness (QED) is 0.743. The predicted octanol–water partition coefficient (Wildman–Crippen LogP) is 4.23. The summed E-state index contributed by atoms with van der Waals surface area (Å²) >= 11 is 12.1. The molecule has 1 aliphatic heterocycles. The zero-order valence-electron chi connectivity index (χ0n) is 15.8. The van der Waals surface area contributed by atoms with E-state index in [-0.39, 0.29) is 22.7 Å². The highest BCUT2D eigenvalue weighted by atomic mass is 35.5. The van der Waals surface area contributed by atoms with Crippen LogP contribution in [0, 0.1) is 24.2 Å². The van der Waals surface area contributed by atoms with Crippen molar-refractivity contribution in [1.29, 1.82) is 5.26 Å². The van der Waals surface area contributed by atoms with Gasteiger partial charge in [0.1, 0.15) is 11.9 Å². The molecule has 1 saturated heterocycles. The van der Waals surface area contributed by atoms with E-state index in [0.29, 0.717) is 23.8 Å². The number of amides is 1. The number of anilines is 2. The van der Waals surface area contributed by atoms with Crippen LogP contribution in [0.5, 0.6) is 0 Å². The van der Waals surface area contributed by atoms with Crippen molar-refractivity contribution in [1.82, 2.24) is 9.97 Å². The van der Waals surface area contributed by atoms with Crippen LogP contribution in [-0.4, -0.2) is 36.0 Å². The van der Waals surface area contributed by atoms with Crippen molar-refractivity contribution in [3.63, 3.8) is 0 Å². The molecule has 0 N–H and O–H groups in total. The number of piperidine rings is 1. The lowest BCUT2D eigenvalue weighted by Crippen LogP contribution is -2.39. The lowest BCUT2D eigenvalue weighted by molar-refractivity contribution is -0.119. The first-order valence-electron chi connectivity index (χ1n) is 9.08. The molecule has 2 aromatic rings. The minimum Gasteiger partial charge on any atom is -0.355 e. The smallest absolute Gasteiger partial charge is 0.227 e. The van der Waals surface area contributed by atoms with E-state index in [9.17, 15) is 4.79 Å². The number of nitrogens with zero attached hydrogens (tertiary/aromatic N) is 5. The molecule has 0 bridgehead atoms. The lowest BCUT2D eigenvalue weighted by atomic mass is 9.94. The van der Waals surface area contributed by atoms with Crippen LogP contribution < -0.4 is 9.80 Å². The van der Waals surface area contributed by atoms with Crippen LogP contribution in [0.15, 0.2) is 24.4 Å². The monoisotopic (exact) mass is 417 g/mol. The van der Waals surface area contributed by atoms with Gasteiger partial charge in [-0.3, -0.25) is 4.79 Å². The van der Waals surface area contributed by atoms with Gasteiger partial charge < -0.3 is 9.80 Å². The molecule has 1 aromatic carbocycles. The Morgan fingerprint density at radius 2 is 2.18 bits per heavy atom. The Morgan fingerprint density at radius 1 is 1.39 bits per heavy atom. The standard InChI is InChI=1S/C20H21Cl2N5O/c1-13-6-15(21)9-16(7-13)26(2)19(28)8-14-4-3-5-27(12-14)18-11-24-17(10-23)20(22)25-18/h6-7,9,11,14H,3-5,8,12H2,1-2H3/t14-/m0/s1. The fourth-order valence-corrected chi connectivity index (χ4v) is 3.93. The summed E-state index contributed by atoms with van der Waals surface area (Å²) in [7, 11) is 1.78. The summed E-state index contributed by atoms with van der Waals surface area (Å²) in [6.45, 7) is 3.48. The minimum atomic E-state index is 0.0532. The summed E-state index contributed by atoms with van der Waals surface area (Å²) in [5, 5.41) is 9.67. The summed E-state index contributed by atoms with van der Waals surface area (Å²) in [5.41, 5.74) is 1.93. The molecule has 1 atom stereocenters. The number of carbonyl (C=O) groups excluding carboxylic acids is 1. The lowest BCUT2D eigenvalue weighted by Gasteiger charge is -2.34. The number of aryl methyl sites for hydroxylation is 1. The summed E-state index contributed by atoms with van der Waals surface area (Å²) in [6, 6.07) is 7.53. The molecule has 28 heavy (non-hydrogen) atoms. The first kappa shape index (κ1) is 20.4. The van der Waals surface area contributed by atoms with E-state index in [1.807, 2.05) is 25.1 Å². The van der Waals surface area contributed by atoms with Crippen molar-refractivity contribution in [2.45, 2.75) is 26.2 Å². The van der Waals surface area contributed by atoms with Crippen molar-refractivity contribution in [3.05, 3.63) is 45.8 Å². The zero-order valence-corrected chi connectivity index (χ0v) is 17.3. The van der Waals surface area contributed by atoms with Crippen molar-refractivity contribution in [3.8, 4) is 6.07 Å². The molecule has 0 aliphatic carbocycles. The highest BCUT2D eigenvalue weighted by Crippen LogP contribution is 2.27. The van der Waals surface area contributed by atoms with Crippen LogP contribution in [0.2, 0.25) is 10.2 Å². The molecule has 1 aliphatic rings. The molecule has 1 fully saturated rings. The van der Waals surface area contributed by atoms with Gasteiger partial charge in [-0.25, -0.2) is 9.97 Å². The van der Waals surface area contributed by atoms with Crippen molar-refractivity contribution in [2.24, 2.45) is 5.92 Å². The topological polar surface area (TPSA) is 73.1 Å². The van der Waals surface area contributed by atoms with Crippen LogP contribution in [0.1, 0.15) is 30.5 Å². The van der Waals surface area contributed by atoms with Crippen molar-refractivity contribution < 1.29 is 4.79 Å². The molecule has 0 spiro atoms. The Hall–Kier alpha value is -2.36. The maximum Gasteiger partial charge on any atom is 0.227 e. The molecule has 0 radical (unpaired) electrons. The van der Waals surface area contributed by atoms with Gasteiger partial charge >= 0.3 is 0 Å². The van der Waals surface area contributed by atoms with Gasteiger partial charge in [-0.05, 0) is 49.4 Å². The first-order chi connectivity index (χ1) is 13.4. The molecule has 8 heteroatoms. The second kappa shape index (κ2) is 8.76. The average Bonchev–Trinajstić information content (AvgIpc) is 2.66. The number of hydrogen-bond donors (Lipinski definition) is 0. The molecule has 1 amide bonds. The van der Waals surface area contributed by atoms with Gasteiger partial charge in [-0.2, -0.15) is 5.26 Å². The third-order valence-corrected chi connectivity index (χ3v) is 5.40. The second-order valence-corrected chi connectivity index (χ2v) is 7.87. The van der Waals surface area contributed by atoms with Gasteiger partial charge in [0, 0.05) is 37.3 Å².